The van der Waals surface area contributed by atoms with Crippen molar-refractivity contribution in [1.82, 2.24) is 0 Å². The topological polar surface area (TPSA) is 26.3 Å². The van der Waals surface area contributed by atoms with Crippen molar-refractivity contribution < 1.29 is 40.1 Å². The van der Waals surface area contributed by atoms with Gasteiger partial charge >= 0.3 is 41.9 Å². The minimum atomic E-state index is 0. The normalized spacial score (nSPS) is 10.3. The van der Waals surface area contributed by atoms with Crippen LogP contribution in [0.3, 0.4) is 0 Å². The van der Waals surface area contributed by atoms with Crippen molar-refractivity contribution in [2.24, 2.45) is 0 Å². The summed E-state index contributed by atoms with van der Waals surface area (Å²) >= 11 is 0. The van der Waals surface area contributed by atoms with Gasteiger partial charge in [0.2, 0.25) is 0 Å². The van der Waals surface area contributed by atoms with E-state index in [1.54, 1.807) is 0 Å². The van der Waals surface area contributed by atoms with Crippen LogP contribution in [0, 0.1) is 12.1 Å². The molecule has 6 aromatic carbocycles. The molecular formula is C36H22ClLiMgO2. The maximum absolute atomic E-state index is 6.02. The average molecular weight is 553 g/mol. The number of rotatable bonds is 2. The fourth-order valence-electron chi connectivity index (χ4n) is 5.04. The van der Waals surface area contributed by atoms with Crippen molar-refractivity contribution >= 4 is 66.9 Å². The summed E-state index contributed by atoms with van der Waals surface area (Å²) in [7, 11) is 0. The van der Waals surface area contributed by atoms with E-state index in [1.807, 2.05) is 72.8 Å². The van der Waals surface area contributed by atoms with Gasteiger partial charge < -0.3 is 21.2 Å². The maximum atomic E-state index is 6.02. The first kappa shape index (κ1) is 30.5. The molecule has 5 heteroatoms. The van der Waals surface area contributed by atoms with Crippen LogP contribution in [0.25, 0.3) is 66.1 Å². The summed E-state index contributed by atoms with van der Waals surface area (Å²) in [5, 5.41) is 4.64. The molecule has 2 heterocycles. The van der Waals surface area contributed by atoms with Crippen LogP contribution in [-0.4, -0.2) is 23.1 Å². The molecule has 188 valence electrons. The Morgan fingerprint density at radius 2 is 0.805 bits per heavy atom. The fourth-order valence-corrected chi connectivity index (χ4v) is 5.04. The zero-order valence-corrected chi connectivity index (χ0v) is 24.8. The van der Waals surface area contributed by atoms with Crippen LogP contribution < -0.4 is 31.3 Å². The summed E-state index contributed by atoms with van der Waals surface area (Å²) in [4.78, 5) is 0. The van der Waals surface area contributed by atoms with Crippen LogP contribution in [-0.2, 0) is 0 Å². The third-order valence-electron chi connectivity index (χ3n) is 6.81. The second kappa shape index (κ2) is 13.5. The average Bonchev–Trinajstić information content (AvgIpc) is 3.57. The van der Waals surface area contributed by atoms with Crippen molar-refractivity contribution in [3.05, 3.63) is 146 Å². The van der Waals surface area contributed by atoms with Gasteiger partial charge in [0.1, 0.15) is 22.3 Å². The molecule has 0 bridgehead atoms. The Labute approximate surface area is 273 Å². The molecule has 0 amide bonds. The summed E-state index contributed by atoms with van der Waals surface area (Å²) < 4.78 is 12.0. The van der Waals surface area contributed by atoms with E-state index < -0.39 is 0 Å². The summed E-state index contributed by atoms with van der Waals surface area (Å²) in [6.45, 7) is 0. The van der Waals surface area contributed by atoms with Crippen LogP contribution >= 0.6 is 0 Å². The van der Waals surface area contributed by atoms with Gasteiger partial charge in [0, 0.05) is 21.5 Å². The van der Waals surface area contributed by atoms with E-state index in [0.29, 0.717) is 0 Å². The predicted octanol–water partition coefficient (Wildman–Crippen LogP) is 3.73. The molecule has 0 N–H and O–H groups in total. The Morgan fingerprint density at radius 1 is 0.415 bits per heavy atom. The molecule has 41 heavy (non-hydrogen) atoms. The minimum Gasteiger partial charge on any atom is -1.00 e. The molecule has 0 radical (unpaired) electrons. The molecular weight excluding hydrogens is 531 g/mol. The number of hydrogen-bond acceptors (Lipinski definition) is 2. The van der Waals surface area contributed by atoms with E-state index in [0.717, 1.165) is 66.1 Å². The minimum absolute atomic E-state index is 0. The van der Waals surface area contributed by atoms with Crippen LogP contribution in [0.1, 0.15) is 0 Å². The first-order valence-electron chi connectivity index (χ1n) is 12.6. The monoisotopic (exact) mass is 552 g/mol. The van der Waals surface area contributed by atoms with Crippen molar-refractivity contribution in [3.8, 4) is 22.3 Å². The third-order valence-corrected chi connectivity index (χ3v) is 6.81. The Bertz CT molecular complexity index is 1880. The van der Waals surface area contributed by atoms with Crippen molar-refractivity contribution in [1.29, 1.82) is 0 Å². The zero-order chi connectivity index (χ0) is 25.3. The molecule has 0 saturated heterocycles. The molecule has 0 fully saturated rings. The Hall–Kier alpha value is -3.43. The van der Waals surface area contributed by atoms with Crippen LogP contribution in [0.4, 0.5) is 0 Å². The molecule has 0 saturated carbocycles. The SMILES string of the molecule is [Cl-].[Li+].[Mg+2].[c-]1ccccc1-c1cccc2c1oc1ccccc12.[c-]1ccccc1-c1cccc2c1oc1ccccc12. The smallest absolute Gasteiger partial charge is 1.00 e. The van der Waals surface area contributed by atoms with Gasteiger partial charge in [-0.2, -0.15) is 0 Å². The molecule has 0 aliphatic heterocycles. The molecule has 0 aliphatic rings. The molecule has 8 aromatic rings. The van der Waals surface area contributed by atoms with E-state index in [4.69, 9.17) is 8.83 Å². The Balaban J connectivity index is 0.000000176. The van der Waals surface area contributed by atoms with E-state index in [9.17, 15) is 0 Å². The number of benzene rings is 6. The molecule has 8 rings (SSSR count). The van der Waals surface area contributed by atoms with Gasteiger partial charge in [0.15, 0.2) is 0 Å². The van der Waals surface area contributed by atoms with Crippen LogP contribution in [0.5, 0.6) is 0 Å². The second-order valence-corrected chi connectivity index (χ2v) is 9.11. The van der Waals surface area contributed by atoms with Gasteiger partial charge in [-0.1, -0.05) is 83.9 Å². The number of para-hydroxylation sites is 4. The van der Waals surface area contributed by atoms with Gasteiger partial charge in [-0.25, -0.2) is 0 Å². The summed E-state index contributed by atoms with van der Waals surface area (Å²) in [6, 6.07) is 51.3. The zero-order valence-electron chi connectivity index (χ0n) is 22.6. The van der Waals surface area contributed by atoms with Crippen LogP contribution in [0.2, 0.25) is 0 Å². The first-order chi connectivity index (χ1) is 18.9. The van der Waals surface area contributed by atoms with Gasteiger partial charge in [0.25, 0.3) is 0 Å². The molecule has 2 nitrogen and oxygen atoms in total. The summed E-state index contributed by atoms with van der Waals surface area (Å²) in [5.74, 6) is 0. The molecule has 2 aromatic heterocycles. The van der Waals surface area contributed by atoms with Crippen molar-refractivity contribution in [2.75, 3.05) is 0 Å². The third kappa shape index (κ3) is 5.83. The van der Waals surface area contributed by atoms with Gasteiger partial charge in [-0.05, 0) is 12.1 Å². The fraction of sp³-hybridized carbons (Fsp3) is 0. The second-order valence-electron chi connectivity index (χ2n) is 9.11. The van der Waals surface area contributed by atoms with Gasteiger partial charge in [-0.3, -0.25) is 0 Å². The van der Waals surface area contributed by atoms with Gasteiger partial charge in [0.05, 0.1) is 0 Å². The van der Waals surface area contributed by atoms with Crippen molar-refractivity contribution in [3.63, 3.8) is 0 Å². The standard InChI is InChI=1S/2C18H11O.ClH.Li.Mg/c2*1-2-7-13(8-3-1)14-10-6-11-16-15-9-4-5-12-17(15)19-18(14)16;;;/h2*1-7,9-12H;1H;;/q2*-1;;+1;+2/p-1. The largest absolute Gasteiger partial charge is 2.00 e. The summed E-state index contributed by atoms with van der Waals surface area (Å²) in [6.07, 6.45) is 0. The molecule has 0 spiro atoms. The molecule has 0 atom stereocenters. The summed E-state index contributed by atoms with van der Waals surface area (Å²) in [5.41, 5.74) is 8.04. The quantitative estimate of drug-likeness (QED) is 0.241. The molecule has 0 aliphatic carbocycles. The van der Waals surface area contributed by atoms with E-state index >= 15 is 0 Å². The van der Waals surface area contributed by atoms with Crippen LogP contribution in [0.15, 0.2) is 142 Å². The van der Waals surface area contributed by atoms with E-state index in [1.165, 1.54) is 0 Å². The van der Waals surface area contributed by atoms with Gasteiger partial charge in [-0.15, -0.1) is 71.8 Å². The Morgan fingerprint density at radius 3 is 1.22 bits per heavy atom. The first-order valence-corrected chi connectivity index (χ1v) is 12.6. The molecule has 0 unspecified atom stereocenters. The van der Waals surface area contributed by atoms with E-state index in [2.05, 4.69) is 72.8 Å². The predicted molar refractivity (Wildman–Crippen MR) is 162 cm³/mol. The number of halogens is 1. The van der Waals surface area contributed by atoms with E-state index in [-0.39, 0.29) is 54.3 Å². The number of fused-ring (bicyclic) bond motifs is 6. The van der Waals surface area contributed by atoms with Crippen molar-refractivity contribution in [2.45, 2.75) is 0 Å². The number of hydrogen-bond donors (Lipinski definition) is 0. The number of furan rings is 2. The maximum Gasteiger partial charge on any atom is 2.00 e. The Kier molecular flexibility index (Phi) is 10.0.